The maximum Gasteiger partial charge on any atom is 0.0732 e. The number of nitrogens with zero attached hydrogens (tertiary/aromatic N) is 4. The van der Waals surface area contributed by atoms with Crippen LogP contribution in [0.4, 0.5) is 0 Å². The van der Waals surface area contributed by atoms with Gasteiger partial charge in [-0.15, -0.1) is 0 Å². The van der Waals surface area contributed by atoms with Gasteiger partial charge in [-0.05, 0) is 73.8 Å². The summed E-state index contributed by atoms with van der Waals surface area (Å²) < 4.78 is 0. The van der Waals surface area contributed by atoms with E-state index in [1.807, 2.05) is 38.7 Å². The molecule has 0 saturated heterocycles. The highest BCUT2D eigenvalue weighted by Gasteiger charge is 2.29. The predicted octanol–water partition coefficient (Wildman–Crippen LogP) is 7.68. The molecule has 182 valence electrons. The number of fused-ring (bicyclic) bond motifs is 1. The van der Waals surface area contributed by atoms with Crippen LogP contribution in [0.2, 0.25) is 0 Å². The van der Waals surface area contributed by atoms with Gasteiger partial charge in [0.15, 0.2) is 0 Å². The van der Waals surface area contributed by atoms with Gasteiger partial charge in [-0.3, -0.25) is 20.0 Å². The first-order valence-electron chi connectivity index (χ1n) is 13.3. The summed E-state index contributed by atoms with van der Waals surface area (Å²) in [6.45, 7) is 11.5. The third-order valence-electron chi connectivity index (χ3n) is 6.93. The zero-order valence-electron chi connectivity index (χ0n) is 21.8. The molecule has 1 saturated carbocycles. The Kier molecular flexibility index (Phi) is 10.2. The summed E-state index contributed by atoms with van der Waals surface area (Å²) in [5, 5.41) is 0. The maximum atomic E-state index is 4.79. The molecule has 4 rings (SSSR count). The van der Waals surface area contributed by atoms with E-state index < -0.39 is 0 Å². The second kappa shape index (κ2) is 13.3. The molecule has 1 aromatic rings. The molecule has 3 aliphatic rings. The Bertz CT molecular complexity index is 985. The molecule has 1 atom stereocenters. The highest BCUT2D eigenvalue weighted by atomic mass is 14.8. The molecule has 0 bridgehead atoms. The summed E-state index contributed by atoms with van der Waals surface area (Å²) in [6, 6.07) is 4.49. The van der Waals surface area contributed by atoms with Gasteiger partial charge in [0.05, 0.1) is 17.3 Å². The van der Waals surface area contributed by atoms with E-state index in [9.17, 15) is 0 Å². The van der Waals surface area contributed by atoms with Gasteiger partial charge >= 0.3 is 0 Å². The quantitative estimate of drug-likeness (QED) is 0.368. The summed E-state index contributed by atoms with van der Waals surface area (Å²) in [6.07, 6.45) is 20.4. The van der Waals surface area contributed by atoms with Gasteiger partial charge in [-0.2, -0.15) is 0 Å². The first-order chi connectivity index (χ1) is 16.7. The van der Waals surface area contributed by atoms with Crippen molar-refractivity contribution in [3.63, 3.8) is 0 Å². The molecule has 34 heavy (non-hydrogen) atoms. The minimum Gasteiger partial charge on any atom is -0.293 e. The summed E-state index contributed by atoms with van der Waals surface area (Å²) in [5.41, 5.74) is 7.23. The van der Waals surface area contributed by atoms with Crippen LogP contribution in [-0.4, -0.2) is 29.2 Å². The lowest BCUT2D eigenvalue weighted by atomic mass is 9.81. The number of rotatable bonds is 8. The van der Waals surface area contributed by atoms with Crippen molar-refractivity contribution in [3.05, 3.63) is 65.3 Å². The van der Waals surface area contributed by atoms with Crippen LogP contribution in [0.1, 0.15) is 90.3 Å². The molecular weight excluding hydrogens is 416 g/mol. The average molecular weight is 459 g/mol. The van der Waals surface area contributed by atoms with E-state index in [1.54, 1.807) is 0 Å². The summed E-state index contributed by atoms with van der Waals surface area (Å²) in [7, 11) is 0. The molecule has 2 aliphatic heterocycles. The van der Waals surface area contributed by atoms with Gasteiger partial charge in [0, 0.05) is 43.0 Å². The Balaban J connectivity index is 0.00000158. The minimum atomic E-state index is 0.194. The number of aryl methyl sites for hydroxylation is 1. The first kappa shape index (κ1) is 26.0. The third kappa shape index (κ3) is 6.49. The Morgan fingerprint density at radius 2 is 1.91 bits per heavy atom. The number of aromatic nitrogens is 1. The number of pyridine rings is 1. The second-order valence-corrected chi connectivity index (χ2v) is 9.32. The number of aliphatic imine (C=N–C) groups is 3. The SMILES string of the molecule is C/C=C(\C=NCCC)C1=CN=C2C(CCc3ccnc(C4CCC(C)CC4)c3)=NC=CC12.CC. The number of hydrogen-bond acceptors (Lipinski definition) is 4. The van der Waals surface area contributed by atoms with E-state index in [1.165, 1.54) is 42.5 Å². The molecule has 1 aliphatic carbocycles. The fraction of sp³-hybridized carbons (Fsp3) is 0.533. The van der Waals surface area contributed by atoms with Gasteiger partial charge in [-0.25, -0.2) is 0 Å². The first-order valence-corrected chi connectivity index (χ1v) is 13.3. The van der Waals surface area contributed by atoms with Gasteiger partial charge in [0.1, 0.15) is 0 Å². The zero-order valence-corrected chi connectivity index (χ0v) is 21.8. The molecular formula is C30H42N4. The predicted molar refractivity (Wildman–Crippen MR) is 147 cm³/mol. The Hall–Kier alpha value is -2.62. The van der Waals surface area contributed by atoms with Crippen LogP contribution in [0.3, 0.4) is 0 Å². The number of allylic oxidation sites excluding steroid dienone is 4. The van der Waals surface area contributed by atoms with Crippen LogP contribution in [0.15, 0.2) is 69.0 Å². The van der Waals surface area contributed by atoms with E-state index in [4.69, 9.17) is 15.0 Å². The zero-order chi connectivity index (χ0) is 24.3. The van der Waals surface area contributed by atoms with Crippen molar-refractivity contribution in [2.75, 3.05) is 6.54 Å². The van der Waals surface area contributed by atoms with E-state index in [-0.39, 0.29) is 5.92 Å². The van der Waals surface area contributed by atoms with E-state index in [2.05, 4.69) is 50.0 Å². The van der Waals surface area contributed by atoms with Gasteiger partial charge < -0.3 is 0 Å². The van der Waals surface area contributed by atoms with Crippen molar-refractivity contribution in [2.45, 2.75) is 85.5 Å². The molecule has 4 nitrogen and oxygen atoms in total. The van der Waals surface area contributed by atoms with Crippen LogP contribution in [0, 0.1) is 11.8 Å². The van der Waals surface area contributed by atoms with Crippen LogP contribution < -0.4 is 0 Å². The van der Waals surface area contributed by atoms with Crippen molar-refractivity contribution in [2.24, 2.45) is 26.8 Å². The average Bonchev–Trinajstić information content (AvgIpc) is 3.32. The van der Waals surface area contributed by atoms with Crippen molar-refractivity contribution >= 4 is 17.6 Å². The summed E-state index contributed by atoms with van der Waals surface area (Å²) in [5.74, 6) is 1.69. The molecule has 0 radical (unpaired) electrons. The van der Waals surface area contributed by atoms with Crippen LogP contribution in [0.5, 0.6) is 0 Å². The van der Waals surface area contributed by atoms with Crippen molar-refractivity contribution in [3.8, 4) is 0 Å². The Morgan fingerprint density at radius 1 is 1.12 bits per heavy atom. The highest BCUT2D eigenvalue weighted by Crippen LogP contribution is 2.35. The Morgan fingerprint density at radius 3 is 2.65 bits per heavy atom. The third-order valence-corrected chi connectivity index (χ3v) is 6.93. The lowest BCUT2D eigenvalue weighted by molar-refractivity contribution is 0.344. The molecule has 0 aromatic carbocycles. The van der Waals surface area contributed by atoms with Crippen molar-refractivity contribution < 1.29 is 0 Å². The fourth-order valence-corrected chi connectivity index (χ4v) is 4.93. The van der Waals surface area contributed by atoms with Gasteiger partial charge in [-0.1, -0.05) is 52.7 Å². The molecule has 0 N–H and O–H groups in total. The normalized spacial score (nSPS) is 24.2. The fourth-order valence-electron chi connectivity index (χ4n) is 4.93. The van der Waals surface area contributed by atoms with E-state index in [0.29, 0.717) is 5.92 Å². The number of hydrogen-bond donors (Lipinski definition) is 0. The van der Waals surface area contributed by atoms with E-state index >= 15 is 0 Å². The van der Waals surface area contributed by atoms with Gasteiger partial charge in [0.25, 0.3) is 0 Å². The smallest absolute Gasteiger partial charge is 0.0732 e. The summed E-state index contributed by atoms with van der Waals surface area (Å²) in [4.78, 5) is 18.7. The highest BCUT2D eigenvalue weighted by molar-refractivity contribution is 6.45. The molecule has 0 amide bonds. The monoisotopic (exact) mass is 458 g/mol. The van der Waals surface area contributed by atoms with Crippen LogP contribution >= 0.6 is 0 Å². The van der Waals surface area contributed by atoms with Crippen LogP contribution in [-0.2, 0) is 6.42 Å². The van der Waals surface area contributed by atoms with E-state index in [0.717, 1.165) is 48.7 Å². The molecule has 3 heterocycles. The van der Waals surface area contributed by atoms with Crippen molar-refractivity contribution in [1.82, 2.24) is 4.98 Å². The standard InChI is InChI=1S/C28H36N4.C2H6/c1-4-14-29-18-22(5-2)25-19-32-28-24(25)13-16-30-26(28)11-8-21-12-15-31-27(17-21)23-9-6-20(3)7-10-23;1-2/h5,12-13,15-20,23-24H,4,6-11,14H2,1-3H3;1-2H3/b22-5+,29-18?;. The lowest BCUT2D eigenvalue weighted by Gasteiger charge is -2.26. The topological polar surface area (TPSA) is 50.0 Å². The molecule has 4 heteroatoms. The Labute approximate surface area is 206 Å². The molecule has 0 spiro atoms. The molecule has 1 fully saturated rings. The lowest BCUT2D eigenvalue weighted by Crippen LogP contribution is -2.25. The minimum absolute atomic E-state index is 0.194. The van der Waals surface area contributed by atoms with Crippen molar-refractivity contribution in [1.29, 1.82) is 0 Å². The van der Waals surface area contributed by atoms with Gasteiger partial charge in [0.2, 0.25) is 0 Å². The molecule has 1 unspecified atom stereocenters. The van der Waals surface area contributed by atoms with Crippen LogP contribution in [0.25, 0.3) is 0 Å². The summed E-state index contributed by atoms with van der Waals surface area (Å²) >= 11 is 0. The molecule has 1 aromatic heterocycles. The maximum absolute atomic E-state index is 4.79. The largest absolute Gasteiger partial charge is 0.293 e. The second-order valence-electron chi connectivity index (χ2n) is 9.32.